The highest BCUT2D eigenvalue weighted by molar-refractivity contribution is 6.35. The molecule has 2 aromatic rings. The molecule has 1 saturated heterocycles. The predicted octanol–water partition coefficient (Wildman–Crippen LogP) is 2.00. The second-order valence-corrected chi connectivity index (χ2v) is 7.03. The number of benzene rings is 1. The highest BCUT2D eigenvalue weighted by Crippen LogP contribution is 2.32. The molecule has 2 amide bonds. The second-order valence-electron chi connectivity index (χ2n) is 7.03. The van der Waals surface area contributed by atoms with E-state index in [0.29, 0.717) is 17.0 Å². The van der Waals surface area contributed by atoms with Crippen molar-refractivity contribution < 1.29 is 9.59 Å². The molecule has 0 unspecified atom stereocenters. The minimum Gasteiger partial charge on any atom is -0.364 e. The first-order chi connectivity index (χ1) is 13.7. The van der Waals surface area contributed by atoms with Gasteiger partial charge in [0, 0.05) is 32.4 Å². The molecule has 0 bridgehead atoms. The smallest absolute Gasteiger partial charge is 0.278 e. The minimum absolute atomic E-state index is 0.188. The first-order valence-corrected chi connectivity index (χ1v) is 9.72. The van der Waals surface area contributed by atoms with Gasteiger partial charge in [-0.05, 0) is 24.2 Å². The molecule has 0 N–H and O–H groups in total. The number of pyridine rings is 1. The van der Waals surface area contributed by atoms with Gasteiger partial charge in [0.1, 0.15) is 5.70 Å². The summed E-state index contributed by atoms with van der Waals surface area (Å²) in [4.78, 5) is 36.6. The number of likely N-dealkylation sites (N-methyl/N-ethyl adjacent to an activating group) is 1. The van der Waals surface area contributed by atoms with Crippen LogP contribution in [0.15, 0.2) is 60.4 Å². The van der Waals surface area contributed by atoms with Crippen LogP contribution >= 0.6 is 0 Å². The van der Waals surface area contributed by atoms with Crippen LogP contribution in [-0.4, -0.2) is 64.2 Å². The average Bonchev–Trinajstić information content (AvgIpc) is 3.00. The molecule has 1 aromatic heterocycles. The molecule has 0 atom stereocenters. The summed E-state index contributed by atoms with van der Waals surface area (Å²) in [5.74, 6) is -0.464. The van der Waals surface area contributed by atoms with Gasteiger partial charge in [0.25, 0.3) is 11.8 Å². The number of rotatable bonds is 5. The van der Waals surface area contributed by atoms with E-state index in [1.54, 1.807) is 6.20 Å². The Balaban J connectivity index is 1.69. The van der Waals surface area contributed by atoms with Crippen LogP contribution in [0.25, 0.3) is 5.57 Å². The fourth-order valence-electron chi connectivity index (χ4n) is 3.81. The third-order valence-electron chi connectivity index (χ3n) is 5.39. The van der Waals surface area contributed by atoms with Crippen molar-refractivity contribution in [3.63, 3.8) is 0 Å². The van der Waals surface area contributed by atoms with E-state index in [2.05, 4.69) is 21.7 Å². The molecule has 0 aliphatic carbocycles. The van der Waals surface area contributed by atoms with E-state index >= 15 is 0 Å². The van der Waals surface area contributed by atoms with Crippen LogP contribution in [0, 0.1) is 0 Å². The fourth-order valence-corrected chi connectivity index (χ4v) is 3.81. The van der Waals surface area contributed by atoms with Crippen LogP contribution in [0.3, 0.4) is 0 Å². The number of nitrogens with zero attached hydrogens (tertiary/aromatic N) is 4. The summed E-state index contributed by atoms with van der Waals surface area (Å²) in [5, 5.41) is 0. The number of hydrogen-bond acceptors (Lipinski definition) is 5. The average molecular weight is 376 g/mol. The number of imide groups is 1. The number of piperazine rings is 1. The van der Waals surface area contributed by atoms with Gasteiger partial charge in [-0.2, -0.15) is 0 Å². The number of hydrogen-bond donors (Lipinski definition) is 0. The van der Waals surface area contributed by atoms with Gasteiger partial charge >= 0.3 is 0 Å². The summed E-state index contributed by atoms with van der Waals surface area (Å²) in [6.45, 7) is 6.60. The van der Waals surface area contributed by atoms with Crippen LogP contribution in [0.2, 0.25) is 0 Å². The van der Waals surface area contributed by atoms with Crippen molar-refractivity contribution >= 4 is 17.4 Å². The summed E-state index contributed by atoms with van der Waals surface area (Å²) in [7, 11) is 0. The standard InChI is InChI=1S/C22H24N4O2/c1-2-24-12-14-25(15-13-24)20-19(17-8-4-3-5-9-17)21(27)26(22(20)28)16-18-10-6-7-11-23-18/h3-11H,2,12-16H2,1H3. The van der Waals surface area contributed by atoms with Crippen molar-refractivity contribution in [1.29, 1.82) is 0 Å². The fraction of sp³-hybridized carbons (Fsp3) is 0.318. The highest BCUT2D eigenvalue weighted by atomic mass is 16.2. The summed E-state index contributed by atoms with van der Waals surface area (Å²) < 4.78 is 0. The molecule has 0 radical (unpaired) electrons. The van der Waals surface area contributed by atoms with Gasteiger partial charge < -0.3 is 9.80 Å². The maximum absolute atomic E-state index is 13.3. The monoisotopic (exact) mass is 376 g/mol. The Hall–Kier alpha value is -2.99. The van der Waals surface area contributed by atoms with Gasteiger partial charge in [-0.15, -0.1) is 0 Å². The normalized spacial score (nSPS) is 18.3. The first-order valence-electron chi connectivity index (χ1n) is 9.72. The van der Waals surface area contributed by atoms with Crippen molar-refractivity contribution in [3.05, 3.63) is 71.7 Å². The molecular formula is C22H24N4O2. The van der Waals surface area contributed by atoms with Crippen molar-refractivity contribution in [2.75, 3.05) is 32.7 Å². The van der Waals surface area contributed by atoms with Crippen molar-refractivity contribution in [2.24, 2.45) is 0 Å². The molecule has 1 fully saturated rings. The van der Waals surface area contributed by atoms with Crippen LogP contribution in [0.4, 0.5) is 0 Å². The van der Waals surface area contributed by atoms with Crippen molar-refractivity contribution in [1.82, 2.24) is 19.7 Å². The topological polar surface area (TPSA) is 56.8 Å². The van der Waals surface area contributed by atoms with Gasteiger partial charge in [-0.25, -0.2) is 0 Å². The number of carbonyl (C=O) groups is 2. The van der Waals surface area contributed by atoms with E-state index < -0.39 is 0 Å². The zero-order chi connectivity index (χ0) is 19.5. The Morgan fingerprint density at radius 2 is 1.61 bits per heavy atom. The molecule has 6 heteroatoms. The van der Waals surface area contributed by atoms with Gasteiger partial charge in [0.05, 0.1) is 17.8 Å². The number of aromatic nitrogens is 1. The lowest BCUT2D eigenvalue weighted by Gasteiger charge is -2.36. The summed E-state index contributed by atoms with van der Waals surface area (Å²) >= 11 is 0. The molecule has 28 heavy (non-hydrogen) atoms. The number of carbonyl (C=O) groups excluding carboxylic acids is 2. The zero-order valence-corrected chi connectivity index (χ0v) is 16.0. The van der Waals surface area contributed by atoms with Crippen LogP contribution in [0.1, 0.15) is 18.2 Å². The molecule has 2 aliphatic heterocycles. The Morgan fingerprint density at radius 3 is 2.25 bits per heavy atom. The minimum atomic E-state index is -0.241. The molecule has 0 saturated carbocycles. The Morgan fingerprint density at radius 1 is 0.893 bits per heavy atom. The van der Waals surface area contributed by atoms with Gasteiger partial charge in [-0.1, -0.05) is 43.3 Å². The summed E-state index contributed by atoms with van der Waals surface area (Å²) in [6.07, 6.45) is 1.68. The first kappa shape index (κ1) is 18.4. The molecular weight excluding hydrogens is 352 g/mol. The third-order valence-corrected chi connectivity index (χ3v) is 5.39. The van der Waals surface area contributed by atoms with E-state index in [-0.39, 0.29) is 18.4 Å². The molecule has 4 rings (SSSR count). The molecule has 6 nitrogen and oxygen atoms in total. The largest absolute Gasteiger partial charge is 0.364 e. The predicted molar refractivity (Wildman–Crippen MR) is 107 cm³/mol. The Kier molecular flexibility index (Phi) is 5.21. The molecule has 144 valence electrons. The maximum atomic E-state index is 13.3. The molecule has 1 aromatic carbocycles. The van der Waals surface area contributed by atoms with Crippen LogP contribution < -0.4 is 0 Å². The van der Waals surface area contributed by atoms with E-state index in [0.717, 1.165) is 38.3 Å². The SMILES string of the molecule is CCN1CCN(C2=C(c3ccccc3)C(=O)N(Cc3ccccn3)C2=O)CC1. The zero-order valence-electron chi connectivity index (χ0n) is 16.0. The lowest BCUT2D eigenvalue weighted by molar-refractivity contribution is -0.138. The van der Waals surface area contributed by atoms with Crippen molar-refractivity contribution in [2.45, 2.75) is 13.5 Å². The maximum Gasteiger partial charge on any atom is 0.278 e. The van der Waals surface area contributed by atoms with Crippen LogP contribution in [0.5, 0.6) is 0 Å². The lowest BCUT2D eigenvalue weighted by Crippen LogP contribution is -2.47. The summed E-state index contributed by atoms with van der Waals surface area (Å²) in [5.41, 5.74) is 2.53. The molecule has 2 aliphatic rings. The molecule has 0 spiro atoms. The van der Waals surface area contributed by atoms with E-state index in [9.17, 15) is 9.59 Å². The summed E-state index contributed by atoms with van der Waals surface area (Å²) in [6, 6.07) is 15.0. The van der Waals surface area contributed by atoms with Gasteiger partial charge in [-0.3, -0.25) is 19.5 Å². The quantitative estimate of drug-likeness (QED) is 0.747. The van der Waals surface area contributed by atoms with E-state index in [1.807, 2.05) is 48.5 Å². The molecule has 3 heterocycles. The van der Waals surface area contributed by atoms with E-state index in [4.69, 9.17) is 0 Å². The Labute approximate surface area is 165 Å². The van der Waals surface area contributed by atoms with Gasteiger partial charge in [0.2, 0.25) is 0 Å². The van der Waals surface area contributed by atoms with Crippen molar-refractivity contribution in [3.8, 4) is 0 Å². The number of amides is 2. The lowest BCUT2D eigenvalue weighted by atomic mass is 10.0. The second kappa shape index (κ2) is 7.94. The van der Waals surface area contributed by atoms with Gasteiger partial charge in [0.15, 0.2) is 0 Å². The van der Waals surface area contributed by atoms with Crippen LogP contribution in [-0.2, 0) is 16.1 Å². The third kappa shape index (κ3) is 3.43. The Bertz CT molecular complexity index is 887. The van der Waals surface area contributed by atoms with E-state index in [1.165, 1.54) is 4.90 Å². The highest BCUT2D eigenvalue weighted by Gasteiger charge is 2.42.